The van der Waals surface area contributed by atoms with Gasteiger partial charge in [0.05, 0.1) is 13.7 Å². The van der Waals surface area contributed by atoms with E-state index in [-0.39, 0.29) is 5.91 Å². The van der Waals surface area contributed by atoms with E-state index in [1.165, 1.54) is 0 Å². The average Bonchev–Trinajstić information content (AvgIpc) is 2.71. The number of carbonyl (C=O) groups excluding carboxylic acids is 1. The molecular formula is C20H27N5O3. The first kappa shape index (κ1) is 19.9. The van der Waals surface area contributed by atoms with Gasteiger partial charge in [-0.25, -0.2) is 9.97 Å². The van der Waals surface area contributed by atoms with Crippen LogP contribution in [0.2, 0.25) is 0 Å². The number of aryl methyl sites for hydroxylation is 1. The van der Waals surface area contributed by atoms with Gasteiger partial charge in [0.2, 0.25) is 0 Å². The number of ether oxygens (including phenoxy) is 2. The summed E-state index contributed by atoms with van der Waals surface area (Å²) < 4.78 is 10.7. The van der Waals surface area contributed by atoms with Gasteiger partial charge in [-0.2, -0.15) is 0 Å². The van der Waals surface area contributed by atoms with Crippen LogP contribution in [-0.2, 0) is 0 Å². The molecular weight excluding hydrogens is 358 g/mol. The Labute approximate surface area is 165 Å². The fraction of sp³-hybridized carbons (Fsp3) is 0.450. The van der Waals surface area contributed by atoms with Crippen molar-refractivity contribution in [2.24, 2.45) is 0 Å². The Morgan fingerprint density at radius 2 is 1.79 bits per heavy atom. The topological polar surface area (TPSA) is 79.8 Å². The number of amides is 1. The van der Waals surface area contributed by atoms with E-state index >= 15 is 0 Å². The zero-order valence-electron chi connectivity index (χ0n) is 16.6. The Morgan fingerprint density at radius 1 is 1.11 bits per heavy atom. The molecule has 1 amide bonds. The number of hydrogen-bond donors (Lipinski definition) is 1. The summed E-state index contributed by atoms with van der Waals surface area (Å²) in [5.41, 5.74) is 0.380. The van der Waals surface area contributed by atoms with Crippen LogP contribution < -0.4 is 19.7 Å². The summed E-state index contributed by atoms with van der Waals surface area (Å²) in [5.74, 6) is 2.68. The molecule has 0 bridgehead atoms. The molecule has 2 heterocycles. The number of piperazine rings is 1. The fourth-order valence-electron chi connectivity index (χ4n) is 2.96. The van der Waals surface area contributed by atoms with Crippen molar-refractivity contribution in [1.29, 1.82) is 0 Å². The van der Waals surface area contributed by atoms with Crippen LogP contribution in [0.25, 0.3) is 0 Å². The molecule has 0 radical (unpaired) electrons. The standard InChI is InChI=1S/C20H27N5O3/c1-15-22-18(14-19(23-15)25-11-9-24(2)10-12-25)20(26)21-8-13-28-17-6-4-16(27-3)5-7-17/h4-7,14H,8-13H2,1-3H3,(H,21,26). The molecule has 0 atom stereocenters. The lowest BCUT2D eigenvalue weighted by Crippen LogP contribution is -2.45. The summed E-state index contributed by atoms with van der Waals surface area (Å²) in [7, 11) is 3.73. The van der Waals surface area contributed by atoms with Gasteiger partial charge < -0.3 is 24.6 Å². The normalized spacial score (nSPS) is 14.6. The Kier molecular flexibility index (Phi) is 6.65. The van der Waals surface area contributed by atoms with E-state index in [1.807, 2.05) is 31.2 Å². The number of nitrogens with one attached hydrogen (secondary N) is 1. The zero-order valence-corrected chi connectivity index (χ0v) is 16.6. The monoisotopic (exact) mass is 385 g/mol. The van der Waals surface area contributed by atoms with E-state index in [0.29, 0.717) is 24.7 Å². The molecule has 8 heteroatoms. The van der Waals surface area contributed by atoms with E-state index in [0.717, 1.165) is 43.5 Å². The molecule has 2 aromatic rings. The number of anilines is 1. The van der Waals surface area contributed by atoms with Crippen molar-refractivity contribution in [1.82, 2.24) is 20.2 Å². The van der Waals surface area contributed by atoms with Gasteiger partial charge in [0.25, 0.3) is 5.91 Å². The number of carbonyl (C=O) groups is 1. The van der Waals surface area contributed by atoms with Gasteiger partial charge in [0.15, 0.2) is 0 Å². The van der Waals surface area contributed by atoms with Gasteiger partial charge in [-0.15, -0.1) is 0 Å². The highest BCUT2D eigenvalue weighted by atomic mass is 16.5. The number of rotatable bonds is 7. The van der Waals surface area contributed by atoms with Crippen LogP contribution >= 0.6 is 0 Å². The maximum atomic E-state index is 12.5. The quantitative estimate of drug-likeness (QED) is 0.721. The highest BCUT2D eigenvalue weighted by Crippen LogP contribution is 2.17. The Bertz CT molecular complexity index is 789. The first-order valence-corrected chi connectivity index (χ1v) is 9.39. The summed E-state index contributed by atoms with van der Waals surface area (Å²) in [6.07, 6.45) is 0. The molecule has 0 saturated carbocycles. The summed E-state index contributed by atoms with van der Waals surface area (Å²) in [6.45, 7) is 6.31. The highest BCUT2D eigenvalue weighted by molar-refractivity contribution is 5.92. The lowest BCUT2D eigenvalue weighted by Gasteiger charge is -2.33. The van der Waals surface area contributed by atoms with Crippen molar-refractivity contribution in [2.75, 3.05) is 58.4 Å². The van der Waals surface area contributed by atoms with E-state index in [9.17, 15) is 4.79 Å². The first-order valence-electron chi connectivity index (χ1n) is 9.39. The van der Waals surface area contributed by atoms with Crippen LogP contribution in [0.15, 0.2) is 30.3 Å². The van der Waals surface area contributed by atoms with Gasteiger partial charge in [-0.1, -0.05) is 0 Å². The third kappa shape index (κ3) is 5.32. The van der Waals surface area contributed by atoms with Crippen LogP contribution in [0.5, 0.6) is 11.5 Å². The molecule has 28 heavy (non-hydrogen) atoms. The van der Waals surface area contributed by atoms with Gasteiger partial charge in [-0.05, 0) is 38.2 Å². The number of hydrogen-bond acceptors (Lipinski definition) is 7. The molecule has 0 unspecified atom stereocenters. The summed E-state index contributed by atoms with van der Waals surface area (Å²) in [5, 5.41) is 2.85. The fourth-order valence-corrected chi connectivity index (χ4v) is 2.96. The van der Waals surface area contributed by atoms with Crippen LogP contribution in [0.1, 0.15) is 16.3 Å². The van der Waals surface area contributed by atoms with Crippen molar-refractivity contribution in [3.8, 4) is 11.5 Å². The van der Waals surface area contributed by atoms with Crippen molar-refractivity contribution in [3.05, 3.63) is 41.9 Å². The molecule has 1 saturated heterocycles. The minimum Gasteiger partial charge on any atom is -0.497 e. The molecule has 150 valence electrons. The van der Waals surface area contributed by atoms with E-state index < -0.39 is 0 Å². The molecule has 1 aliphatic rings. The number of likely N-dealkylation sites (N-methyl/N-ethyl adjacent to an activating group) is 1. The predicted molar refractivity (Wildman–Crippen MR) is 107 cm³/mol. The van der Waals surface area contributed by atoms with Crippen molar-refractivity contribution in [2.45, 2.75) is 6.92 Å². The number of benzene rings is 1. The van der Waals surface area contributed by atoms with Crippen LogP contribution in [0.3, 0.4) is 0 Å². The first-order chi connectivity index (χ1) is 13.5. The largest absolute Gasteiger partial charge is 0.497 e. The van der Waals surface area contributed by atoms with Crippen LogP contribution in [0.4, 0.5) is 5.82 Å². The second-order valence-electron chi connectivity index (χ2n) is 6.73. The zero-order chi connectivity index (χ0) is 19.9. The van der Waals surface area contributed by atoms with Crippen LogP contribution in [-0.4, -0.2) is 74.3 Å². The SMILES string of the molecule is COc1ccc(OCCNC(=O)c2cc(N3CCN(C)CC3)nc(C)n2)cc1. The third-order valence-electron chi connectivity index (χ3n) is 4.60. The van der Waals surface area contributed by atoms with Gasteiger partial charge in [0, 0.05) is 32.2 Å². The molecule has 3 rings (SSSR count). The van der Waals surface area contributed by atoms with Gasteiger partial charge >= 0.3 is 0 Å². The molecule has 1 N–H and O–H groups in total. The predicted octanol–water partition coefficient (Wildman–Crippen LogP) is 1.35. The lowest BCUT2D eigenvalue weighted by atomic mass is 10.3. The number of aromatic nitrogens is 2. The molecule has 1 aliphatic heterocycles. The molecule has 0 aliphatic carbocycles. The van der Waals surface area contributed by atoms with E-state index in [4.69, 9.17) is 9.47 Å². The van der Waals surface area contributed by atoms with Crippen molar-refractivity contribution in [3.63, 3.8) is 0 Å². The molecule has 8 nitrogen and oxygen atoms in total. The third-order valence-corrected chi connectivity index (χ3v) is 4.60. The Morgan fingerprint density at radius 3 is 2.46 bits per heavy atom. The average molecular weight is 385 g/mol. The summed E-state index contributed by atoms with van der Waals surface area (Å²) >= 11 is 0. The Balaban J connectivity index is 1.52. The second kappa shape index (κ2) is 9.36. The van der Waals surface area contributed by atoms with Crippen molar-refractivity contribution >= 4 is 11.7 Å². The number of methoxy groups -OCH3 is 1. The van der Waals surface area contributed by atoms with Crippen molar-refractivity contribution < 1.29 is 14.3 Å². The minimum absolute atomic E-state index is 0.223. The minimum atomic E-state index is -0.223. The highest BCUT2D eigenvalue weighted by Gasteiger charge is 2.18. The summed E-state index contributed by atoms with van der Waals surface area (Å²) in [6, 6.07) is 9.08. The molecule has 1 aromatic carbocycles. The summed E-state index contributed by atoms with van der Waals surface area (Å²) in [4.78, 5) is 25.7. The second-order valence-corrected chi connectivity index (χ2v) is 6.73. The van der Waals surface area contributed by atoms with E-state index in [1.54, 1.807) is 13.2 Å². The van der Waals surface area contributed by atoms with E-state index in [2.05, 4.69) is 32.1 Å². The molecule has 0 spiro atoms. The molecule has 1 fully saturated rings. The molecule has 1 aromatic heterocycles. The maximum absolute atomic E-state index is 12.5. The lowest BCUT2D eigenvalue weighted by molar-refractivity contribution is 0.0941. The van der Waals surface area contributed by atoms with Gasteiger partial charge in [0.1, 0.15) is 35.4 Å². The van der Waals surface area contributed by atoms with Crippen LogP contribution in [0, 0.1) is 6.92 Å². The van der Waals surface area contributed by atoms with Gasteiger partial charge in [-0.3, -0.25) is 4.79 Å². The number of nitrogens with zero attached hydrogens (tertiary/aromatic N) is 4. The Hall–Kier alpha value is -2.87. The smallest absolute Gasteiger partial charge is 0.270 e. The maximum Gasteiger partial charge on any atom is 0.270 e.